The molecule has 0 atom stereocenters. The maximum absolute atomic E-state index is 12.6. The molecule has 0 aliphatic carbocycles. The molecule has 0 spiro atoms. The van der Waals surface area contributed by atoms with E-state index in [0.29, 0.717) is 18.0 Å². The monoisotopic (exact) mass is 415 g/mol. The standard InChI is InChI=1S/C21H22ClN3O2S/c22-17-6-7-19-18(14-17)25(21(27)28-19)9-8-20(26)24-12-10-23(11-13-24)15-16-4-2-1-3-5-16/h1-7,14H,8-13,15H2. The fourth-order valence-electron chi connectivity index (χ4n) is 3.61. The Morgan fingerprint density at radius 3 is 2.54 bits per heavy atom. The summed E-state index contributed by atoms with van der Waals surface area (Å²) >= 11 is 7.26. The average molecular weight is 416 g/mol. The first-order valence-corrected chi connectivity index (χ1v) is 10.6. The quantitative estimate of drug-likeness (QED) is 0.641. The molecule has 5 nitrogen and oxygen atoms in total. The Morgan fingerprint density at radius 1 is 1.04 bits per heavy atom. The topological polar surface area (TPSA) is 45.6 Å². The van der Waals surface area contributed by atoms with Crippen LogP contribution in [0.3, 0.4) is 0 Å². The van der Waals surface area contributed by atoms with Crippen LogP contribution < -0.4 is 4.87 Å². The first kappa shape index (κ1) is 19.2. The van der Waals surface area contributed by atoms with E-state index in [0.717, 1.165) is 42.9 Å². The number of halogens is 1. The smallest absolute Gasteiger partial charge is 0.308 e. The van der Waals surface area contributed by atoms with Crippen molar-refractivity contribution in [1.29, 1.82) is 0 Å². The average Bonchev–Trinajstić information content (AvgIpc) is 3.02. The van der Waals surface area contributed by atoms with Crippen molar-refractivity contribution in [2.45, 2.75) is 19.5 Å². The fraction of sp³-hybridized carbons (Fsp3) is 0.333. The van der Waals surface area contributed by atoms with Crippen LogP contribution in [0, 0.1) is 0 Å². The van der Waals surface area contributed by atoms with Crippen LogP contribution in [0.15, 0.2) is 53.3 Å². The zero-order valence-electron chi connectivity index (χ0n) is 15.5. The predicted octanol–water partition coefficient (Wildman–Crippen LogP) is 3.45. The van der Waals surface area contributed by atoms with E-state index >= 15 is 0 Å². The largest absolute Gasteiger partial charge is 0.340 e. The van der Waals surface area contributed by atoms with Crippen molar-refractivity contribution in [3.63, 3.8) is 0 Å². The van der Waals surface area contributed by atoms with E-state index in [1.165, 1.54) is 16.9 Å². The van der Waals surface area contributed by atoms with Gasteiger partial charge in [0.05, 0.1) is 10.2 Å². The third-order valence-corrected chi connectivity index (χ3v) is 6.35. The molecular weight excluding hydrogens is 394 g/mol. The fourth-order valence-corrected chi connectivity index (χ4v) is 4.67. The van der Waals surface area contributed by atoms with Gasteiger partial charge >= 0.3 is 4.87 Å². The lowest BCUT2D eigenvalue weighted by Gasteiger charge is -2.34. The van der Waals surface area contributed by atoms with Crippen molar-refractivity contribution < 1.29 is 4.79 Å². The first-order chi connectivity index (χ1) is 13.6. The number of nitrogens with zero attached hydrogens (tertiary/aromatic N) is 3. The van der Waals surface area contributed by atoms with Gasteiger partial charge in [-0.1, -0.05) is 53.3 Å². The van der Waals surface area contributed by atoms with Gasteiger partial charge in [-0.05, 0) is 23.8 Å². The lowest BCUT2D eigenvalue weighted by atomic mass is 10.2. The lowest BCUT2D eigenvalue weighted by Crippen LogP contribution is -2.48. The van der Waals surface area contributed by atoms with Gasteiger partial charge in [-0.2, -0.15) is 0 Å². The zero-order chi connectivity index (χ0) is 19.5. The van der Waals surface area contributed by atoms with Crippen molar-refractivity contribution in [3.8, 4) is 0 Å². The molecule has 3 aromatic rings. The number of aromatic nitrogens is 1. The summed E-state index contributed by atoms with van der Waals surface area (Å²) in [6.45, 7) is 4.52. The van der Waals surface area contributed by atoms with Gasteiger partial charge in [0, 0.05) is 50.7 Å². The van der Waals surface area contributed by atoms with Crippen LogP contribution in [0.4, 0.5) is 0 Å². The number of carbonyl (C=O) groups excluding carboxylic acids is 1. The molecule has 2 heterocycles. The number of benzene rings is 2. The van der Waals surface area contributed by atoms with Crippen molar-refractivity contribution in [2.75, 3.05) is 26.2 Å². The predicted molar refractivity (Wildman–Crippen MR) is 114 cm³/mol. The molecule has 28 heavy (non-hydrogen) atoms. The van der Waals surface area contributed by atoms with Crippen molar-refractivity contribution in [1.82, 2.24) is 14.4 Å². The summed E-state index contributed by atoms with van der Waals surface area (Å²) in [5.74, 6) is 0.104. The van der Waals surface area contributed by atoms with Crippen LogP contribution in [-0.4, -0.2) is 46.5 Å². The molecule has 7 heteroatoms. The molecule has 0 unspecified atom stereocenters. The summed E-state index contributed by atoms with van der Waals surface area (Å²) in [5, 5.41) is 0.597. The highest BCUT2D eigenvalue weighted by atomic mass is 35.5. The van der Waals surface area contributed by atoms with Crippen LogP contribution in [0.5, 0.6) is 0 Å². The Labute approximate surface area is 172 Å². The van der Waals surface area contributed by atoms with Gasteiger partial charge in [-0.3, -0.25) is 19.1 Å². The number of piperazine rings is 1. The molecule has 1 aromatic heterocycles. The van der Waals surface area contributed by atoms with Gasteiger partial charge in [0.1, 0.15) is 0 Å². The van der Waals surface area contributed by atoms with E-state index in [4.69, 9.17) is 11.6 Å². The van der Waals surface area contributed by atoms with Crippen LogP contribution in [0.1, 0.15) is 12.0 Å². The van der Waals surface area contributed by atoms with E-state index in [-0.39, 0.29) is 10.8 Å². The summed E-state index contributed by atoms with van der Waals surface area (Å²) in [6.07, 6.45) is 0.330. The van der Waals surface area contributed by atoms with Crippen LogP contribution in [-0.2, 0) is 17.9 Å². The maximum atomic E-state index is 12.6. The molecule has 1 fully saturated rings. The first-order valence-electron chi connectivity index (χ1n) is 9.43. The Kier molecular flexibility index (Phi) is 5.80. The molecular formula is C21H22ClN3O2S. The van der Waals surface area contributed by atoms with E-state index in [1.807, 2.05) is 17.0 Å². The second-order valence-corrected chi connectivity index (χ2v) is 8.45. The number of thiazole rings is 1. The summed E-state index contributed by atoms with van der Waals surface area (Å²) in [7, 11) is 0. The normalized spacial score (nSPS) is 15.2. The number of hydrogen-bond donors (Lipinski definition) is 0. The molecule has 2 aromatic carbocycles. The summed E-state index contributed by atoms with van der Waals surface area (Å²) < 4.78 is 2.56. The molecule has 1 aliphatic rings. The minimum Gasteiger partial charge on any atom is -0.340 e. The molecule has 1 amide bonds. The van der Waals surface area contributed by atoms with Gasteiger partial charge in [0.15, 0.2) is 0 Å². The highest BCUT2D eigenvalue weighted by Crippen LogP contribution is 2.22. The molecule has 4 rings (SSSR count). The van der Waals surface area contributed by atoms with E-state index in [1.54, 1.807) is 16.7 Å². The highest BCUT2D eigenvalue weighted by molar-refractivity contribution is 7.16. The number of aryl methyl sites for hydroxylation is 1. The van der Waals surface area contributed by atoms with Crippen LogP contribution in [0.2, 0.25) is 5.02 Å². The Morgan fingerprint density at radius 2 is 1.79 bits per heavy atom. The number of rotatable bonds is 5. The Balaban J connectivity index is 1.32. The molecule has 1 saturated heterocycles. The SMILES string of the molecule is O=C(CCn1c(=O)sc2ccc(Cl)cc21)N1CCN(Cc2ccccc2)CC1. The maximum Gasteiger partial charge on any atom is 0.308 e. The number of carbonyl (C=O) groups is 1. The lowest BCUT2D eigenvalue weighted by molar-refractivity contribution is -0.133. The Hall–Kier alpha value is -2.15. The Bertz CT molecular complexity index is 1020. The zero-order valence-corrected chi connectivity index (χ0v) is 17.1. The molecule has 0 N–H and O–H groups in total. The molecule has 0 bridgehead atoms. The second kappa shape index (κ2) is 8.47. The molecule has 0 radical (unpaired) electrons. The number of fused-ring (bicyclic) bond motifs is 1. The van der Waals surface area contributed by atoms with Gasteiger partial charge in [0.2, 0.25) is 5.91 Å². The summed E-state index contributed by atoms with van der Waals surface area (Å²) in [5.41, 5.74) is 2.10. The second-order valence-electron chi connectivity index (χ2n) is 7.02. The molecule has 146 valence electrons. The third kappa shape index (κ3) is 4.29. The van der Waals surface area contributed by atoms with Crippen LogP contribution >= 0.6 is 22.9 Å². The van der Waals surface area contributed by atoms with Crippen molar-refractivity contribution >= 4 is 39.1 Å². The van der Waals surface area contributed by atoms with Crippen LogP contribution in [0.25, 0.3) is 10.2 Å². The number of hydrogen-bond acceptors (Lipinski definition) is 4. The number of amides is 1. The molecule has 1 aliphatic heterocycles. The van der Waals surface area contributed by atoms with Gasteiger partial charge in [-0.25, -0.2) is 0 Å². The minimum atomic E-state index is -0.0438. The van der Waals surface area contributed by atoms with Gasteiger partial charge in [-0.15, -0.1) is 0 Å². The van der Waals surface area contributed by atoms with Crippen molar-refractivity contribution in [2.24, 2.45) is 0 Å². The highest BCUT2D eigenvalue weighted by Gasteiger charge is 2.21. The van der Waals surface area contributed by atoms with Crippen molar-refractivity contribution in [3.05, 3.63) is 68.8 Å². The van der Waals surface area contributed by atoms with E-state index in [9.17, 15) is 9.59 Å². The minimum absolute atomic E-state index is 0.0438. The van der Waals surface area contributed by atoms with Gasteiger partial charge < -0.3 is 4.90 Å². The van der Waals surface area contributed by atoms with Gasteiger partial charge in [0.25, 0.3) is 0 Å². The molecule has 0 saturated carbocycles. The third-order valence-electron chi connectivity index (χ3n) is 5.15. The summed E-state index contributed by atoms with van der Waals surface area (Å²) in [6, 6.07) is 15.8. The summed E-state index contributed by atoms with van der Waals surface area (Å²) in [4.78, 5) is 29.1. The van der Waals surface area contributed by atoms with E-state index in [2.05, 4.69) is 29.2 Å². The van der Waals surface area contributed by atoms with E-state index < -0.39 is 0 Å².